The number of rotatable bonds is 9. The van der Waals surface area contributed by atoms with Crippen LogP contribution in [0.1, 0.15) is 52.2 Å². The van der Waals surface area contributed by atoms with E-state index in [0.29, 0.717) is 18.6 Å². The molecule has 0 aliphatic rings. The van der Waals surface area contributed by atoms with E-state index < -0.39 is 0 Å². The van der Waals surface area contributed by atoms with E-state index >= 15 is 0 Å². The molecule has 24 heavy (non-hydrogen) atoms. The number of thiazole rings is 1. The molecule has 0 fully saturated rings. The Morgan fingerprint density at radius 2 is 1.88 bits per heavy atom. The number of guanidine groups is 1. The first-order valence-electron chi connectivity index (χ1n) is 8.69. The molecular weight excluding hydrogens is 433 g/mol. The fourth-order valence-electron chi connectivity index (χ4n) is 2.50. The number of nitrogens with zero attached hydrogens (tertiary/aromatic N) is 3. The van der Waals surface area contributed by atoms with E-state index in [2.05, 4.69) is 72.4 Å². The number of aryl methyl sites for hydroxylation is 1. The third-order valence-corrected chi connectivity index (χ3v) is 4.68. The zero-order valence-electron chi connectivity index (χ0n) is 15.9. The van der Waals surface area contributed by atoms with Gasteiger partial charge in [0.2, 0.25) is 0 Å². The van der Waals surface area contributed by atoms with Gasteiger partial charge in [0.05, 0.1) is 17.2 Å². The Labute approximate surface area is 168 Å². The van der Waals surface area contributed by atoms with Gasteiger partial charge >= 0.3 is 0 Å². The van der Waals surface area contributed by atoms with Gasteiger partial charge in [-0.3, -0.25) is 4.90 Å². The van der Waals surface area contributed by atoms with Crippen molar-refractivity contribution in [3.63, 3.8) is 0 Å². The van der Waals surface area contributed by atoms with Crippen molar-refractivity contribution in [3.05, 3.63) is 16.1 Å². The quantitative estimate of drug-likeness (QED) is 0.332. The lowest BCUT2D eigenvalue weighted by Gasteiger charge is -2.30. The Bertz CT molecular complexity index is 465. The third-order valence-electron chi connectivity index (χ3n) is 3.63. The maximum absolute atomic E-state index is 4.64. The average molecular weight is 467 g/mol. The molecule has 0 amide bonds. The Morgan fingerprint density at radius 3 is 2.38 bits per heavy atom. The molecule has 0 aliphatic heterocycles. The lowest BCUT2D eigenvalue weighted by molar-refractivity contribution is 0.178. The van der Waals surface area contributed by atoms with Crippen LogP contribution in [0.5, 0.6) is 0 Å². The number of hydrogen-bond acceptors (Lipinski definition) is 4. The highest BCUT2D eigenvalue weighted by Crippen LogP contribution is 2.10. The van der Waals surface area contributed by atoms with Crippen LogP contribution < -0.4 is 10.6 Å². The molecule has 0 spiro atoms. The summed E-state index contributed by atoms with van der Waals surface area (Å²) < 4.78 is 0. The van der Waals surface area contributed by atoms with Gasteiger partial charge in [-0.05, 0) is 41.0 Å². The minimum atomic E-state index is 0. The summed E-state index contributed by atoms with van der Waals surface area (Å²) >= 11 is 1.71. The molecule has 7 heteroatoms. The van der Waals surface area contributed by atoms with Crippen LogP contribution in [-0.4, -0.2) is 47.6 Å². The van der Waals surface area contributed by atoms with Gasteiger partial charge in [0, 0.05) is 37.1 Å². The molecule has 0 bridgehead atoms. The molecule has 140 valence electrons. The van der Waals surface area contributed by atoms with Gasteiger partial charge in [0.15, 0.2) is 5.96 Å². The predicted molar refractivity (Wildman–Crippen MR) is 117 cm³/mol. The maximum Gasteiger partial charge on any atom is 0.191 e. The van der Waals surface area contributed by atoms with Crippen LogP contribution in [0.25, 0.3) is 0 Å². The van der Waals surface area contributed by atoms with Crippen molar-refractivity contribution >= 4 is 41.3 Å². The molecule has 0 radical (unpaired) electrons. The normalized spacial score (nSPS) is 12.0. The largest absolute Gasteiger partial charge is 0.357 e. The summed E-state index contributed by atoms with van der Waals surface area (Å²) in [5.74, 6) is 0.867. The van der Waals surface area contributed by atoms with Gasteiger partial charge in [-0.25, -0.2) is 9.98 Å². The monoisotopic (exact) mass is 467 g/mol. The Balaban J connectivity index is 0.00000529. The molecule has 1 aromatic heterocycles. The van der Waals surface area contributed by atoms with E-state index in [9.17, 15) is 0 Å². The minimum absolute atomic E-state index is 0. The number of halogens is 1. The van der Waals surface area contributed by atoms with Crippen LogP contribution in [0.15, 0.2) is 10.4 Å². The highest BCUT2D eigenvalue weighted by atomic mass is 127. The second kappa shape index (κ2) is 12.9. The van der Waals surface area contributed by atoms with Crippen LogP contribution in [-0.2, 0) is 13.0 Å². The lowest BCUT2D eigenvalue weighted by Crippen LogP contribution is -2.45. The SMILES string of the molecule is CCNC(=NCc1csc(CC)n1)NCCN(C(C)C)C(C)C.I. The molecule has 0 saturated heterocycles. The molecule has 0 aromatic carbocycles. The van der Waals surface area contributed by atoms with Gasteiger partial charge in [0.1, 0.15) is 0 Å². The van der Waals surface area contributed by atoms with Gasteiger partial charge in [-0.15, -0.1) is 35.3 Å². The highest BCUT2D eigenvalue weighted by Gasteiger charge is 2.12. The Hall–Kier alpha value is -0.410. The van der Waals surface area contributed by atoms with E-state index in [1.165, 1.54) is 5.01 Å². The number of hydrogen-bond donors (Lipinski definition) is 2. The van der Waals surface area contributed by atoms with Crippen LogP contribution in [0.2, 0.25) is 0 Å². The molecule has 0 atom stereocenters. The Morgan fingerprint density at radius 1 is 1.21 bits per heavy atom. The predicted octanol–water partition coefficient (Wildman–Crippen LogP) is 3.50. The zero-order valence-corrected chi connectivity index (χ0v) is 19.1. The van der Waals surface area contributed by atoms with Crippen molar-refractivity contribution in [2.75, 3.05) is 19.6 Å². The lowest BCUT2D eigenvalue weighted by atomic mass is 10.2. The molecule has 0 aliphatic carbocycles. The van der Waals surface area contributed by atoms with Crippen molar-refractivity contribution in [2.45, 2.75) is 66.6 Å². The average Bonchev–Trinajstić information content (AvgIpc) is 2.96. The first kappa shape index (κ1) is 23.6. The summed E-state index contributed by atoms with van der Waals surface area (Å²) in [5.41, 5.74) is 1.05. The summed E-state index contributed by atoms with van der Waals surface area (Å²) in [4.78, 5) is 11.7. The van der Waals surface area contributed by atoms with Crippen molar-refractivity contribution in [1.29, 1.82) is 0 Å². The van der Waals surface area contributed by atoms with Crippen LogP contribution in [0.3, 0.4) is 0 Å². The van der Waals surface area contributed by atoms with E-state index in [4.69, 9.17) is 0 Å². The standard InChI is InChI=1S/C17H33N5S.HI/c1-7-16-21-15(12-23-16)11-20-17(18-8-2)19-9-10-22(13(3)4)14(5)6;/h12-14H,7-11H2,1-6H3,(H2,18,19,20);1H. The smallest absolute Gasteiger partial charge is 0.191 e. The van der Waals surface area contributed by atoms with Gasteiger partial charge in [0.25, 0.3) is 0 Å². The van der Waals surface area contributed by atoms with E-state index in [1.807, 2.05) is 0 Å². The van der Waals surface area contributed by atoms with E-state index in [1.54, 1.807) is 11.3 Å². The molecule has 1 rings (SSSR count). The molecule has 0 saturated carbocycles. The first-order chi connectivity index (χ1) is 11.0. The van der Waals surface area contributed by atoms with Gasteiger partial charge in [-0.2, -0.15) is 0 Å². The summed E-state index contributed by atoms with van der Waals surface area (Å²) in [6.07, 6.45) is 0.993. The molecule has 1 aromatic rings. The van der Waals surface area contributed by atoms with Crippen molar-refractivity contribution in [1.82, 2.24) is 20.5 Å². The number of aromatic nitrogens is 1. The molecule has 2 N–H and O–H groups in total. The Kier molecular flexibility index (Phi) is 12.7. The van der Waals surface area contributed by atoms with Crippen molar-refractivity contribution < 1.29 is 0 Å². The molecule has 1 heterocycles. The third kappa shape index (κ3) is 8.62. The molecular formula is C17H34IN5S. The van der Waals surface area contributed by atoms with Crippen LogP contribution in [0, 0.1) is 0 Å². The second-order valence-corrected chi connectivity index (χ2v) is 7.08. The van der Waals surface area contributed by atoms with E-state index in [0.717, 1.165) is 37.7 Å². The molecule has 0 unspecified atom stereocenters. The summed E-state index contributed by atoms with van der Waals surface area (Å²) in [5, 5.41) is 10.0. The highest BCUT2D eigenvalue weighted by molar-refractivity contribution is 14.0. The zero-order chi connectivity index (χ0) is 17.2. The van der Waals surface area contributed by atoms with Crippen LogP contribution >= 0.6 is 35.3 Å². The summed E-state index contributed by atoms with van der Waals surface area (Å²) in [7, 11) is 0. The van der Waals surface area contributed by atoms with Crippen LogP contribution in [0.4, 0.5) is 0 Å². The minimum Gasteiger partial charge on any atom is -0.357 e. The fraction of sp³-hybridized carbons (Fsp3) is 0.765. The topological polar surface area (TPSA) is 52.6 Å². The van der Waals surface area contributed by atoms with Gasteiger partial charge in [-0.1, -0.05) is 6.92 Å². The number of aliphatic imine (C=N–C) groups is 1. The van der Waals surface area contributed by atoms with Gasteiger partial charge < -0.3 is 10.6 Å². The van der Waals surface area contributed by atoms with Crippen molar-refractivity contribution in [2.24, 2.45) is 4.99 Å². The fourth-order valence-corrected chi connectivity index (χ4v) is 3.24. The second-order valence-electron chi connectivity index (χ2n) is 6.13. The summed E-state index contributed by atoms with van der Waals surface area (Å²) in [6.45, 7) is 16.6. The molecule has 5 nitrogen and oxygen atoms in total. The summed E-state index contributed by atoms with van der Waals surface area (Å²) in [6, 6.07) is 1.11. The maximum atomic E-state index is 4.64. The van der Waals surface area contributed by atoms with Crippen molar-refractivity contribution in [3.8, 4) is 0 Å². The first-order valence-corrected chi connectivity index (χ1v) is 9.57. The van der Waals surface area contributed by atoms with E-state index in [-0.39, 0.29) is 24.0 Å². The number of nitrogens with one attached hydrogen (secondary N) is 2.